The molecule has 7 heteroatoms. The van der Waals surface area contributed by atoms with Gasteiger partial charge in [0.05, 0.1) is 16.3 Å². The molecule has 2 aromatic carbocycles. The van der Waals surface area contributed by atoms with Crippen molar-refractivity contribution < 1.29 is 8.42 Å². The maximum Gasteiger partial charge on any atom is 0.270 e. The lowest BCUT2D eigenvalue weighted by molar-refractivity contribution is 0.581. The first kappa shape index (κ1) is 21.3. The highest BCUT2D eigenvalue weighted by atomic mass is 32.2. The van der Waals surface area contributed by atoms with Crippen molar-refractivity contribution in [2.75, 3.05) is 11.4 Å². The average Bonchev–Trinajstić information content (AvgIpc) is 2.80. The van der Waals surface area contributed by atoms with Gasteiger partial charge in [-0.25, -0.2) is 13.1 Å². The number of sulfonamides is 1. The number of hydrogen-bond acceptors (Lipinski definition) is 4. The summed E-state index contributed by atoms with van der Waals surface area (Å²) in [6.45, 7) is 4.17. The Morgan fingerprint density at radius 3 is 2.39 bits per heavy atom. The van der Waals surface area contributed by atoms with Gasteiger partial charge in [0.15, 0.2) is 0 Å². The van der Waals surface area contributed by atoms with E-state index < -0.39 is 10.0 Å². The smallest absolute Gasteiger partial charge is 0.269 e. The van der Waals surface area contributed by atoms with Gasteiger partial charge in [-0.05, 0) is 68.9 Å². The molecule has 1 heterocycles. The third-order valence-corrected chi connectivity index (χ3v) is 7.91. The van der Waals surface area contributed by atoms with Gasteiger partial charge in [0.1, 0.15) is 0 Å². The number of benzene rings is 2. The number of anilines is 1. The summed E-state index contributed by atoms with van der Waals surface area (Å²) in [5, 5.41) is 4.63. The lowest BCUT2D eigenvalue weighted by atomic mass is 9.89. The van der Waals surface area contributed by atoms with E-state index in [0.717, 1.165) is 48.1 Å². The van der Waals surface area contributed by atoms with Crippen LogP contribution >= 0.6 is 0 Å². The first-order valence-corrected chi connectivity index (χ1v) is 12.1. The van der Waals surface area contributed by atoms with E-state index in [-0.39, 0.29) is 10.5 Å². The number of nitrogens with zero attached hydrogens (tertiary/aromatic N) is 3. The Balaban J connectivity index is 1.87. The molecule has 1 aliphatic rings. The van der Waals surface area contributed by atoms with Gasteiger partial charge in [0.25, 0.3) is 15.6 Å². The summed E-state index contributed by atoms with van der Waals surface area (Å²) in [6.07, 6.45) is 3.53. The van der Waals surface area contributed by atoms with Crippen LogP contribution in [0.15, 0.2) is 58.2 Å². The quantitative estimate of drug-likeness (QED) is 0.606. The van der Waals surface area contributed by atoms with E-state index in [2.05, 4.69) is 5.10 Å². The zero-order valence-electron chi connectivity index (χ0n) is 18.1. The van der Waals surface area contributed by atoms with E-state index >= 15 is 0 Å². The number of rotatable bonds is 5. The Bertz CT molecular complexity index is 1280. The molecule has 0 bridgehead atoms. The van der Waals surface area contributed by atoms with Crippen LogP contribution in [0.1, 0.15) is 36.5 Å². The molecule has 0 unspecified atom stereocenters. The molecule has 1 aliphatic carbocycles. The Labute approximate surface area is 183 Å². The third kappa shape index (κ3) is 3.78. The standard InChI is InChI=1S/C24H27N3O3S/c1-4-27-24(28)21-13-9-8-12-20(21)23(25-27)18-15-14-17(2)22(16-18)31(29,30)26(3)19-10-6-5-7-11-19/h5-7,10-11,14-16H,4,8-9,12-13H2,1-3H3. The van der Waals surface area contributed by atoms with Crippen LogP contribution in [0.4, 0.5) is 5.69 Å². The Morgan fingerprint density at radius 2 is 1.71 bits per heavy atom. The molecule has 0 aliphatic heterocycles. The van der Waals surface area contributed by atoms with E-state index in [4.69, 9.17) is 0 Å². The van der Waals surface area contributed by atoms with Gasteiger partial charge in [-0.3, -0.25) is 9.10 Å². The molecular weight excluding hydrogens is 410 g/mol. The number of para-hydroxylation sites is 1. The second-order valence-corrected chi connectivity index (χ2v) is 9.86. The predicted molar refractivity (Wildman–Crippen MR) is 123 cm³/mol. The first-order valence-electron chi connectivity index (χ1n) is 10.6. The summed E-state index contributed by atoms with van der Waals surface area (Å²) in [6, 6.07) is 14.4. The van der Waals surface area contributed by atoms with Gasteiger partial charge >= 0.3 is 0 Å². The van der Waals surface area contributed by atoms with Gasteiger partial charge in [-0.15, -0.1) is 0 Å². The van der Waals surface area contributed by atoms with Crippen LogP contribution in [0.2, 0.25) is 0 Å². The van der Waals surface area contributed by atoms with Crippen molar-refractivity contribution in [3.8, 4) is 11.3 Å². The molecule has 0 N–H and O–H groups in total. The van der Waals surface area contributed by atoms with Gasteiger partial charge in [0.2, 0.25) is 0 Å². The fourth-order valence-corrected chi connectivity index (χ4v) is 5.63. The van der Waals surface area contributed by atoms with Gasteiger partial charge in [-0.1, -0.05) is 30.3 Å². The topological polar surface area (TPSA) is 72.3 Å². The number of aryl methyl sites for hydroxylation is 2. The molecule has 31 heavy (non-hydrogen) atoms. The summed E-state index contributed by atoms with van der Waals surface area (Å²) in [7, 11) is -2.20. The molecule has 162 valence electrons. The van der Waals surface area contributed by atoms with E-state index in [0.29, 0.717) is 17.8 Å². The zero-order valence-corrected chi connectivity index (χ0v) is 18.9. The second kappa shape index (κ2) is 8.30. The molecule has 1 aromatic heterocycles. The highest BCUT2D eigenvalue weighted by Crippen LogP contribution is 2.32. The highest BCUT2D eigenvalue weighted by molar-refractivity contribution is 7.92. The molecule has 0 saturated heterocycles. The summed E-state index contributed by atoms with van der Waals surface area (Å²) in [4.78, 5) is 13.0. The Hall–Kier alpha value is -2.93. The number of aromatic nitrogens is 2. The summed E-state index contributed by atoms with van der Waals surface area (Å²) < 4.78 is 29.7. The molecule has 0 spiro atoms. The van der Waals surface area contributed by atoms with Crippen molar-refractivity contribution in [3.05, 3.63) is 75.6 Å². The van der Waals surface area contributed by atoms with Crippen LogP contribution in [0.25, 0.3) is 11.3 Å². The minimum absolute atomic E-state index is 0.0234. The molecule has 0 saturated carbocycles. The molecule has 3 aromatic rings. The minimum Gasteiger partial charge on any atom is -0.269 e. The summed E-state index contributed by atoms with van der Waals surface area (Å²) in [5.41, 5.74) is 4.48. The SMILES string of the molecule is CCn1nc(-c2ccc(C)c(S(=O)(=O)N(C)c3ccccc3)c2)c2c(c1=O)CCCC2. The Kier molecular flexibility index (Phi) is 5.71. The van der Waals surface area contributed by atoms with Crippen LogP contribution in [0.5, 0.6) is 0 Å². The van der Waals surface area contributed by atoms with Gasteiger partial charge in [-0.2, -0.15) is 5.10 Å². The molecule has 0 radical (unpaired) electrons. The van der Waals surface area contributed by atoms with E-state index in [1.807, 2.05) is 37.3 Å². The van der Waals surface area contributed by atoms with Crippen LogP contribution in [-0.2, 0) is 29.4 Å². The van der Waals surface area contributed by atoms with Crippen molar-refractivity contribution in [2.45, 2.75) is 51.0 Å². The van der Waals surface area contributed by atoms with E-state index in [9.17, 15) is 13.2 Å². The number of fused-ring (bicyclic) bond motifs is 1. The fourth-order valence-electron chi connectivity index (χ4n) is 4.18. The average molecular weight is 438 g/mol. The lowest BCUT2D eigenvalue weighted by Gasteiger charge is -2.22. The first-order chi connectivity index (χ1) is 14.8. The lowest BCUT2D eigenvalue weighted by Crippen LogP contribution is -2.30. The van der Waals surface area contributed by atoms with Crippen LogP contribution in [0, 0.1) is 6.92 Å². The fraction of sp³-hybridized carbons (Fsp3) is 0.333. The summed E-state index contributed by atoms with van der Waals surface area (Å²) >= 11 is 0. The maximum absolute atomic E-state index is 13.5. The van der Waals surface area contributed by atoms with E-state index in [1.54, 1.807) is 32.2 Å². The molecular formula is C24H27N3O3S. The normalized spacial score (nSPS) is 13.6. The predicted octanol–water partition coefficient (Wildman–Crippen LogP) is 3.94. The Morgan fingerprint density at radius 1 is 1.03 bits per heavy atom. The molecule has 0 amide bonds. The highest BCUT2D eigenvalue weighted by Gasteiger charge is 2.26. The molecule has 0 atom stereocenters. The molecule has 4 rings (SSSR count). The van der Waals surface area contributed by atoms with E-state index in [1.165, 1.54) is 8.99 Å². The van der Waals surface area contributed by atoms with Crippen molar-refractivity contribution in [1.82, 2.24) is 9.78 Å². The van der Waals surface area contributed by atoms with Crippen molar-refractivity contribution in [1.29, 1.82) is 0 Å². The van der Waals surface area contributed by atoms with Crippen LogP contribution in [-0.4, -0.2) is 25.2 Å². The third-order valence-electron chi connectivity index (χ3n) is 5.99. The van der Waals surface area contributed by atoms with Crippen molar-refractivity contribution >= 4 is 15.7 Å². The number of hydrogen-bond donors (Lipinski definition) is 0. The van der Waals surface area contributed by atoms with Crippen molar-refractivity contribution in [3.63, 3.8) is 0 Å². The van der Waals surface area contributed by atoms with Crippen LogP contribution < -0.4 is 9.86 Å². The summed E-state index contributed by atoms with van der Waals surface area (Å²) in [5.74, 6) is 0. The zero-order chi connectivity index (χ0) is 22.2. The molecule has 6 nitrogen and oxygen atoms in total. The molecule has 0 fully saturated rings. The van der Waals surface area contributed by atoms with Crippen LogP contribution in [0.3, 0.4) is 0 Å². The maximum atomic E-state index is 13.5. The second-order valence-electron chi connectivity index (χ2n) is 7.92. The minimum atomic E-state index is -3.76. The van der Waals surface area contributed by atoms with Gasteiger partial charge in [0, 0.05) is 24.7 Å². The van der Waals surface area contributed by atoms with Crippen molar-refractivity contribution in [2.24, 2.45) is 0 Å². The monoisotopic (exact) mass is 437 g/mol. The van der Waals surface area contributed by atoms with Gasteiger partial charge < -0.3 is 0 Å². The largest absolute Gasteiger partial charge is 0.270 e.